The van der Waals surface area contributed by atoms with Crippen LogP contribution in [0.5, 0.6) is 5.75 Å². The first kappa shape index (κ1) is 24.4. The lowest BCUT2D eigenvalue weighted by atomic mass is 10.0. The normalized spacial score (nSPS) is 12.4. The van der Waals surface area contributed by atoms with Gasteiger partial charge in [0.1, 0.15) is 11.8 Å². The summed E-state index contributed by atoms with van der Waals surface area (Å²) in [6.45, 7) is 14.0. The Bertz CT molecular complexity index is 900. The molecule has 5 nitrogen and oxygen atoms in total. The van der Waals surface area contributed by atoms with E-state index in [1.165, 1.54) is 0 Å². The number of carbonyl (C=O) groups excluding carboxylic acids is 2. The molecule has 2 rings (SSSR count). The first-order valence-electron chi connectivity index (χ1n) is 10.9. The summed E-state index contributed by atoms with van der Waals surface area (Å²) in [6, 6.07) is 15.0. The minimum Gasteiger partial charge on any atom is -0.483 e. The van der Waals surface area contributed by atoms with E-state index in [1.807, 2.05) is 76.2 Å². The van der Waals surface area contributed by atoms with Gasteiger partial charge in [0.15, 0.2) is 6.61 Å². The maximum absolute atomic E-state index is 13.2. The monoisotopic (exact) mass is 424 g/mol. The van der Waals surface area contributed by atoms with E-state index in [4.69, 9.17) is 4.74 Å². The highest BCUT2D eigenvalue weighted by atomic mass is 16.5. The van der Waals surface area contributed by atoms with Gasteiger partial charge in [0.2, 0.25) is 5.91 Å². The van der Waals surface area contributed by atoms with Crippen LogP contribution in [-0.4, -0.2) is 34.9 Å². The van der Waals surface area contributed by atoms with E-state index in [0.29, 0.717) is 12.3 Å². The average molecular weight is 425 g/mol. The highest BCUT2D eigenvalue weighted by molar-refractivity contribution is 5.88. The van der Waals surface area contributed by atoms with Crippen LogP contribution in [0.1, 0.15) is 64.2 Å². The van der Waals surface area contributed by atoms with Crippen LogP contribution in [-0.2, 0) is 16.1 Å². The van der Waals surface area contributed by atoms with Gasteiger partial charge in [-0.05, 0) is 63.3 Å². The molecule has 0 bridgehead atoms. The average Bonchev–Trinajstić information content (AvgIpc) is 2.69. The van der Waals surface area contributed by atoms with Gasteiger partial charge in [-0.2, -0.15) is 0 Å². The van der Waals surface area contributed by atoms with E-state index in [9.17, 15) is 9.59 Å². The lowest BCUT2D eigenvalue weighted by Gasteiger charge is -2.32. The summed E-state index contributed by atoms with van der Waals surface area (Å²) in [5.74, 6) is 0.578. The molecule has 0 saturated heterocycles. The summed E-state index contributed by atoms with van der Waals surface area (Å²) in [4.78, 5) is 27.7. The fraction of sp³-hybridized carbons (Fsp3) is 0.462. The van der Waals surface area contributed by atoms with E-state index >= 15 is 0 Å². The molecule has 0 spiro atoms. The number of carbonyl (C=O) groups is 2. The van der Waals surface area contributed by atoms with E-state index in [-0.39, 0.29) is 29.9 Å². The summed E-state index contributed by atoms with van der Waals surface area (Å²) in [7, 11) is 0. The van der Waals surface area contributed by atoms with Crippen molar-refractivity contribution in [3.05, 3.63) is 65.2 Å². The number of para-hydroxylation sites is 1. The molecule has 2 amide bonds. The number of hydrogen-bond donors (Lipinski definition) is 1. The number of hydrogen-bond acceptors (Lipinski definition) is 3. The van der Waals surface area contributed by atoms with Crippen molar-refractivity contribution in [1.29, 1.82) is 0 Å². The lowest BCUT2D eigenvalue weighted by molar-refractivity contribution is -0.142. The van der Waals surface area contributed by atoms with E-state index in [1.54, 1.807) is 11.8 Å². The fourth-order valence-corrected chi connectivity index (χ4v) is 3.34. The Balaban J connectivity index is 2.23. The predicted octanol–water partition coefficient (Wildman–Crippen LogP) is 4.83. The Kier molecular flexibility index (Phi) is 8.26. The third-order valence-electron chi connectivity index (χ3n) is 5.16. The zero-order valence-corrected chi connectivity index (χ0v) is 19.9. The molecule has 0 aromatic heterocycles. The smallest absolute Gasteiger partial charge is 0.261 e. The molecule has 1 N–H and O–H groups in total. The highest BCUT2D eigenvalue weighted by Gasteiger charge is 2.29. The zero-order chi connectivity index (χ0) is 23.2. The molecule has 0 radical (unpaired) electrons. The van der Waals surface area contributed by atoms with Gasteiger partial charge in [0, 0.05) is 12.1 Å². The van der Waals surface area contributed by atoms with Crippen LogP contribution in [0.2, 0.25) is 0 Å². The second-order valence-corrected chi connectivity index (χ2v) is 9.34. The summed E-state index contributed by atoms with van der Waals surface area (Å²) in [5.41, 5.74) is 2.76. The predicted molar refractivity (Wildman–Crippen MR) is 125 cm³/mol. The molecule has 31 heavy (non-hydrogen) atoms. The first-order chi connectivity index (χ1) is 14.5. The van der Waals surface area contributed by atoms with Crippen LogP contribution < -0.4 is 10.1 Å². The molecule has 0 aliphatic rings. The molecular formula is C26H36N2O3. The van der Waals surface area contributed by atoms with Crippen LogP contribution in [0.4, 0.5) is 0 Å². The van der Waals surface area contributed by atoms with Crippen molar-refractivity contribution in [1.82, 2.24) is 10.2 Å². The van der Waals surface area contributed by atoms with Gasteiger partial charge in [-0.3, -0.25) is 9.59 Å². The SMILES string of the molecule is Cc1ccccc1CN(C(=O)COc1ccccc1C(C)C)C(C)C(=O)NC(C)(C)C. The van der Waals surface area contributed by atoms with Crippen LogP contribution in [0.15, 0.2) is 48.5 Å². The zero-order valence-electron chi connectivity index (χ0n) is 19.9. The van der Waals surface area contributed by atoms with Crippen molar-refractivity contribution in [2.24, 2.45) is 0 Å². The van der Waals surface area contributed by atoms with Crippen LogP contribution in [0, 0.1) is 6.92 Å². The van der Waals surface area contributed by atoms with Crippen LogP contribution >= 0.6 is 0 Å². The minimum absolute atomic E-state index is 0.122. The minimum atomic E-state index is -0.629. The topological polar surface area (TPSA) is 58.6 Å². The summed E-state index contributed by atoms with van der Waals surface area (Å²) < 4.78 is 5.92. The molecule has 1 unspecified atom stereocenters. The Hall–Kier alpha value is -2.82. The Morgan fingerprint density at radius 1 is 1.00 bits per heavy atom. The van der Waals surface area contributed by atoms with Crippen molar-refractivity contribution < 1.29 is 14.3 Å². The van der Waals surface area contributed by atoms with Crippen molar-refractivity contribution in [3.63, 3.8) is 0 Å². The molecule has 168 valence electrons. The molecule has 1 atom stereocenters. The lowest BCUT2D eigenvalue weighted by Crippen LogP contribution is -2.53. The van der Waals surface area contributed by atoms with Crippen molar-refractivity contribution in [2.45, 2.75) is 72.5 Å². The van der Waals surface area contributed by atoms with Gasteiger partial charge >= 0.3 is 0 Å². The van der Waals surface area contributed by atoms with Crippen LogP contribution in [0.25, 0.3) is 0 Å². The number of amides is 2. The summed E-state index contributed by atoms with van der Waals surface area (Å²) in [6.07, 6.45) is 0. The van der Waals surface area contributed by atoms with Gasteiger partial charge in [-0.1, -0.05) is 56.3 Å². The van der Waals surface area contributed by atoms with Crippen molar-refractivity contribution in [3.8, 4) is 5.75 Å². The Labute approximate surface area is 186 Å². The molecule has 5 heteroatoms. The first-order valence-corrected chi connectivity index (χ1v) is 10.9. The number of nitrogens with one attached hydrogen (secondary N) is 1. The van der Waals surface area contributed by atoms with Gasteiger partial charge in [-0.25, -0.2) is 0 Å². The largest absolute Gasteiger partial charge is 0.483 e. The van der Waals surface area contributed by atoms with Gasteiger partial charge in [-0.15, -0.1) is 0 Å². The van der Waals surface area contributed by atoms with E-state index in [0.717, 1.165) is 16.7 Å². The third kappa shape index (κ3) is 7.12. The van der Waals surface area contributed by atoms with Gasteiger partial charge < -0.3 is 15.0 Å². The number of benzene rings is 2. The number of nitrogens with zero attached hydrogens (tertiary/aromatic N) is 1. The van der Waals surface area contributed by atoms with Crippen LogP contribution in [0.3, 0.4) is 0 Å². The number of rotatable bonds is 8. The summed E-state index contributed by atoms with van der Waals surface area (Å²) in [5, 5.41) is 2.98. The molecule has 0 saturated carbocycles. The third-order valence-corrected chi connectivity index (χ3v) is 5.16. The number of aryl methyl sites for hydroxylation is 1. The van der Waals surface area contributed by atoms with Gasteiger partial charge in [0.05, 0.1) is 0 Å². The van der Waals surface area contributed by atoms with E-state index in [2.05, 4.69) is 19.2 Å². The molecule has 0 aliphatic carbocycles. The number of ether oxygens (including phenoxy) is 1. The van der Waals surface area contributed by atoms with Crippen molar-refractivity contribution >= 4 is 11.8 Å². The molecule has 0 heterocycles. The molecule has 2 aromatic rings. The van der Waals surface area contributed by atoms with E-state index < -0.39 is 6.04 Å². The standard InChI is InChI=1S/C26H36N2O3/c1-18(2)22-14-10-11-15-23(22)31-17-24(29)28(16-21-13-9-8-12-19(21)3)20(4)25(30)27-26(5,6)7/h8-15,18,20H,16-17H2,1-7H3,(H,27,30). The van der Waals surface area contributed by atoms with Crippen molar-refractivity contribution in [2.75, 3.05) is 6.61 Å². The maximum atomic E-state index is 13.2. The molecule has 2 aromatic carbocycles. The Morgan fingerprint density at radius 3 is 2.23 bits per heavy atom. The highest BCUT2D eigenvalue weighted by Crippen LogP contribution is 2.26. The molecular weight excluding hydrogens is 388 g/mol. The molecule has 0 aliphatic heterocycles. The summed E-state index contributed by atoms with van der Waals surface area (Å²) >= 11 is 0. The van der Waals surface area contributed by atoms with Gasteiger partial charge in [0.25, 0.3) is 5.91 Å². The second kappa shape index (κ2) is 10.5. The quantitative estimate of drug-likeness (QED) is 0.660. The molecule has 0 fully saturated rings. The fourth-order valence-electron chi connectivity index (χ4n) is 3.34. The maximum Gasteiger partial charge on any atom is 0.261 e. The Morgan fingerprint density at radius 2 is 1.61 bits per heavy atom. The second-order valence-electron chi connectivity index (χ2n) is 9.34.